The molecule has 9 nitrogen and oxygen atoms in total. The van der Waals surface area contributed by atoms with Gasteiger partial charge in [-0.05, 0) is 41.0 Å². The number of hydrazine groups is 1. The standard InChI is InChI=1S/C34H44N4O5/c1-20(2)24-10-14-26(15-11-24)30(27-16-12-25(13-17-27)21(3)4)38(8)37-32(39)23(7)36-33(40)29-31(43-34(41)22(5)6)28(42-9)18-19-35-29/h10-23,30H,1-9H3,(H,36,40)(H,37,39)/t23-/m0/s1. The van der Waals surface area contributed by atoms with E-state index in [9.17, 15) is 14.4 Å². The molecule has 0 aliphatic carbocycles. The lowest BCUT2D eigenvalue weighted by molar-refractivity contribution is -0.138. The fourth-order valence-corrected chi connectivity index (χ4v) is 4.50. The lowest BCUT2D eigenvalue weighted by Crippen LogP contribution is -2.51. The molecule has 1 aromatic heterocycles. The number of rotatable bonds is 12. The molecule has 43 heavy (non-hydrogen) atoms. The van der Waals surface area contributed by atoms with Gasteiger partial charge in [-0.1, -0.05) is 90.1 Å². The highest BCUT2D eigenvalue weighted by Gasteiger charge is 2.27. The number of benzene rings is 2. The third-order valence-corrected chi connectivity index (χ3v) is 7.23. The van der Waals surface area contributed by atoms with Gasteiger partial charge in [-0.15, -0.1) is 0 Å². The van der Waals surface area contributed by atoms with Crippen LogP contribution in [0.2, 0.25) is 0 Å². The van der Waals surface area contributed by atoms with Crippen LogP contribution in [0, 0.1) is 5.92 Å². The molecule has 9 heteroatoms. The number of pyridine rings is 1. The van der Waals surface area contributed by atoms with Gasteiger partial charge in [0.2, 0.25) is 5.75 Å². The first kappa shape index (κ1) is 33.3. The molecule has 0 fully saturated rings. The molecule has 3 rings (SSSR count). The van der Waals surface area contributed by atoms with Gasteiger partial charge in [-0.2, -0.15) is 0 Å². The van der Waals surface area contributed by atoms with Crippen molar-refractivity contribution in [2.45, 2.75) is 72.4 Å². The van der Waals surface area contributed by atoms with E-state index in [1.54, 1.807) is 32.8 Å². The van der Waals surface area contributed by atoms with E-state index in [4.69, 9.17) is 9.47 Å². The zero-order valence-corrected chi connectivity index (χ0v) is 26.6. The molecule has 1 heterocycles. The number of aromatic nitrogens is 1. The molecule has 2 N–H and O–H groups in total. The fourth-order valence-electron chi connectivity index (χ4n) is 4.50. The van der Waals surface area contributed by atoms with Crippen LogP contribution in [0.25, 0.3) is 0 Å². The van der Waals surface area contributed by atoms with Gasteiger partial charge in [0.15, 0.2) is 11.4 Å². The monoisotopic (exact) mass is 588 g/mol. The van der Waals surface area contributed by atoms with Gasteiger partial charge in [0.1, 0.15) is 6.04 Å². The van der Waals surface area contributed by atoms with Crippen molar-refractivity contribution < 1.29 is 23.9 Å². The van der Waals surface area contributed by atoms with Gasteiger partial charge in [-0.25, -0.2) is 9.99 Å². The lowest BCUT2D eigenvalue weighted by atomic mass is 9.93. The third-order valence-electron chi connectivity index (χ3n) is 7.23. The number of methoxy groups -OCH3 is 1. The number of nitrogens with zero attached hydrogens (tertiary/aromatic N) is 2. The van der Waals surface area contributed by atoms with Gasteiger partial charge >= 0.3 is 5.97 Å². The molecule has 0 saturated heterocycles. The van der Waals surface area contributed by atoms with E-state index < -0.39 is 29.7 Å². The van der Waals surface area contributed by atoms with Crippen LogP contribution in [-0.4, -0.2) is 48.0 Å². The molecular weight excluding hydrogens is 544 g/mol. The maximum Gasteiger partial charge on any atom is 0.313 e. The van der Waals surface area contributed by atoms with Crippen molar-refractivity contribution in [3.05, 3.63) is 88.7 Å². The topological polar surface area (TPSA) is 110 Å². The second kappa shape index (κ2) is 14.8. The smallest absolute Gasteiger partial charge is 0.313 e. The summed E-state index contributed by atoms with van der Waals surface area (Å²) < 4.78 is 10.7. The zero-order chi connectivity index (χ0) is 31.8. The number of nitrogens with one attached hydrogen (secondary N) is 2. The number of hydrogen-bond acceptors (Lipinski definition) is 7. The second-order valence-corrected chi connectivity index (χ2v) is 11.6. The van der Waals surface area contributed by atoms with E-state index in [0.29, 0.717) is 11.8 Å². The lowest BCUT2D eigenvalue weighted by Gasteiger charge is -2.31. The summed E-state index contributed by atoms with van der Waals surface area (Å²) in [6, 6.07) is 17.0. The summed E-state index contributed by atoms with van der Waals surface area (Å²) in [5, 5.41) is 4.42. The van der Waals surface area contributed by atoms with Crippen LogP contribution in [-0.2, 0) is 9.59 Å². The van der Waals surface area contributed by atoms with Gasteiger partial charge in [0, 0.05) is 19.3 Å². The van der Waals surface area contributed by atoms with Crippen molar-refractivity contribution in [1.82, 2.24) is 20.7 Å². The number of esters is 1. The molecule has 0 spiro atoms. The number of amides is 2. The molecule has 0 bridgehead atoms. The summed E-state index contributed by atoms with van der Waals surface area (Å²) in [5.41, 5.74) is 7.26. The Labute approximate surface area is 255 Å². The predicted octanol–water partition coefficient (Wildman–Crippen LogP) is 5.77. The summed E-state index contributed by atoms with van der Waals surface area (Å²) in [5.74, 6) is -1.20. The largest absolute Gasteiger partial charge is 0.493 e. The average Bonchev–Trinajstić information content (AvgIpc) is 2.97. The van der Waals surface area contributed by atoms with Gasteiger partial charge in [-0.3, -0.25) is 19.8 Å². The van der Waals surface area contributed by atoms with Crippen molar-refractivity contribution >= 4 is 17.8 Å². The van der Waals surface area contributed by atoms with Crippen LogP contribution in [0.4, 0.5) is 0 Å². The molecule has 2 aromatic carbocycles. The first-order valence-electron chi connectivity index (χ1n) is 14.6. The van der Waals surface area contributed by atoms with Crippen molar-refractivity contribution in [3.8, 4) is 11.5 Å². The summed E-state index contributed by atoms with van der Waals surface area (Å²) in [4.78, 5) is 43.0. The van der Waals surface area contributed by atoms with E-state index in [1.807, 2.05) is 0 Å². The Hall–Kier alpha value is -4.24. The molecule has 230 valence electrons. The summed E-state index contributed by atoms with van der Waals surface area (Å²) in [7, 11) is 3.20. The molecule has 0 aliphatic rings. The van der Waals surface area contributed by atoms with Crippen LogP contribution < -0.4 is 20.2 Å². The number of ether oxygens (including phenoxy) is 2. The highest BCUT2D eigenvalue weighted by atomic mass is 16.6. The van der Waals surface area contributed by atoms with Crippen LogP contribution in [0.3, 0.4) is 0 Å². The zero-order valence-electron chi connectivity index (χ0n) is 26.6. The fraction of sp³-hybridized carbons (Fsp3) is 0.412. The Balaban J connectivity index is 1.83. The number of hydrogen-bond donors (Lipinski definition) is 2. The summed E-state index contributed by atoms with van der Waals surface area (Å²) in [6.45, 7) is 13.5. The minimum atomic E-state index is -0.941. The summed E-state index contributed by atoms with van der Waals surface area (Å²) >= 11 is 0. The Morgan fingerprint density at radius 2 is 1.26 bits per heavy atom. The second-order valence-electron chi connectivity index (χ2n) is 11.6. The first-order valence-corrected chi connectivity index (χ1v) is 14.6. The third kappa shape index (κ3) is 8.41. The maximum atomic E-state index is 13.4. The molecule has 3 aromatic rings. The van der Waals surface area contributed by atoms with Crippen LogP contribution in [0.1, 0.15) is 99.1 Å². The van der Waals surface area contributed by atoms with E-state index in [-0.39, 0.29) is 23.2 Å². The van der Waals surface area contributed by atoms with Crippen molar-refractivity contribution in [2.24, 2.45) is 5.92 Å². The highest BCUT2D eigenvalue weighted by molar-refractivity contribution is 5.99. The SMILES string of the molecule is COc1ccnc(C(=O)N[C@@H](C)C(=O)NN(C)C(c2ccc(C(C)C)cc2)c2ccc(C(C)C)cc2)c1OC(=O)C(C)C. The molecule has 1 atom stereocenters. The van der Waals surface area contributed by atoms with E-state index in [1.165, 1.54) is 30.5 Å². The first-order chi connectivity index (χ1) is 20.3. The minimum absolute atomic E-state index is 0.0966. The summed E-state index contributed by atoms with van der Waals surface area (Å²) in [6.07, 6.45) is 1.37. The van der Waals surface area contributed by atoms with E-state index >= 15 is 0 Å². The minimum Gasteiger partial charge on any atom is -0.493 e. The Bertz CT molecular complexity index is 1350. The van der Waals surface area contributed by atoms with Gasteiger partial charge in [0.25, 0.3) is 11.8 Å². The Morgan fingerprint density at radius 1 is 0.767 bits per heavy atom. The molecule has 0 unspecified atom stereocenters. The molecule has 0 saturated carbocycles. The van der Waals surface area contributed by atoms with Crippen molar-refractivity contribution in [3.63, 3.8) is 0 Å². The predicted molar refractivity (Wildman–Crippen MR) is 167 cm³/mol. The van der Waals surface area contributed by atoms with E-state index in [2.05, 4.69) is 92.0 Å². The maximum absolute atomic E-state index is 13.4. The highest BCUT2D eigenvalue weighted by Crippen LogP contribution is 2.31. The normalized spacial score (nSPS) is 12.1. The Kier molecular flexibility index (Phi) is 11.4. The molecular formula is C34H44N4O5. The Morgan fingerprint density at radius 3 is 1.70 bits per heavy atom. The number of carbonyl (C=O) groups excluding carboxylic acids is 3. The van der Waals surface area contributed by atoms with Gasteiger partial charge in [0.05, 0.1) is 19.1 Å². The number of carbonyl (C=O) groups is 3. The average molecular weight is 589 g/mol. The van der Waals surface area contributed by atoms with Crippen LogP contribution in [0.15, 0.2) is 60.8 Å². The molecule has 2 amide bonds. The van der Waals surface area contributed by atoms with Crippen LogP contribution in [0.5, 0.6) is 11.5 Å². The van der Waals surface area contributed by atoms with E-state index in [0.717, 1.165) is 11.1 Å². The quantitative estimate of drug-likeness (QED) is 0.204. The van der Waals surface area contributed by atoms with Crippen LogP contribution >= 0.6 is 0 Å². The molecule has 0 aliphatic heterocycles. The van der Waals surface area contributed by atoms with Crippen molar-refractivity contribution in [1.29, 1.82) is 0 Å². The van der Waals surface area contributed by atoms with Gasteiger partial charge < -0.3 is 14.8 Å². The van der Waals surface area contributed by atoms with Crippen molar-refractivity contribution in [2.75, 3.05) is 14.2 Å². The molecule has 0 radical (unpaired) electrons.